The monoisotopic (exact) mass is 331 g/mol. The molecular formula is C13H14ClNO3S2. The molecule has 1 aromatic carbocycles. The van der Waals surface area contributed by atoms with Crippen LogP contribution in [-0.2, 0) is 23.2 Å². The number of sulfonamides is 1. The van der Waals surface area contributed by atoms with Crippen LogP contribution in [0, 0.1) is 6.92 Å². The van der Waals surface area contributed by atoms with Crippen LogP contribution in [0.4, 0.5) is 0 Å². The molecule has 0 spiro atoms. The summed E-state index contributed by atoms with van der Waals surface area (Å²) in [7, 11) is -3.62. The van der Waals surface area contributed by atoms with Crippen LogP contribution in [0.3, 0.4) is 0 Å². The van der Waals surface area contributed by atoms with Crippen LogP contribution in [0.1, 0.15) is 16.7 Å². The van der Waals surface area contributed by atoms with Crippen LogP contribution in [0.15, 0.2) is 33.9 Å². The zero-order chi connectivity index (χ0) is 14.8. The number of hydrogen-bond acceptors (Lipinski definition) is 4. The van der Waals surface area contributed by atoms with E-state index in [1.807, 2.05) is 17.7 Å². The van der Waals surface area contributed by atoms with Gasteiger partial charge in [-0.1, -0.05) is 11.6 Å². The Hall–Kier alpha value is -0.920. The average molecular weight is 332 g/mol. The SMILES string of the molecule is Cc1cscc1CNS(=O)(=O)c1ccc(Cl)c(CO)c1. The Morgan fingerprint density at radius 3 is 2.65 bits per heavy atom. The van der Waals surface area contributed by atoms with E-state index in [1.165, 1.54) is 29.5 Å². The lowest BCUT2D eigenvalue weighted by atomic mass is 10.2. The fraction of sp³-hybridized carbons (Fsp3) is 0.231. The topological polar surface area (TPSA) is 66.4 Å². The third-order valence-electron chi connectivity index (χ3n) is 2.91. The molecule has 0 saturated carbocycles. The lowest BCUT2D eigenvalue weighted by Gasteiger charge is -2.08. The molecule has 0 aliphatic rings. The minimum absolute atomic E-state index is 0.0961. The first kappa shape index (κ1) is 15.5. The van der Waals surface area contributed by atoms with E-state index in [1.54, 1.807) is 0 Å². The van der Waals surface area contributed by atoms with E-state index >= 15 is 0 Å². The van der Waals surface area contributed by atoms with Gasteiger partial charge < -0.3 is 5.11 Å². The number of nitrogens with one attached hydrogen (secondary N) is 1. The van der Waals surface area contributed by atoms with Gasteiger partial charge in [0.15, 0.2) is 0 Å². The third kappa shape index (κ3) is 3.39. The van der Waals surface area contributed by atoms with E-state index < -0.39 is 10.0 Å². The summed E-state index contributed by atoms with van der Waals surface area (Å²) in [6.07, 6.45) is 0. The summed E-state index contributed by atoms with van der Waals surface area (Å²) in [5.41, 5.74) is 2.40. The molecule has 0 aliphatic carbocycles. The number of hydrogen-bond donors (Lipinski definition) is 2. The Morgan fingerprint density at radius 2 is 2.05 bits per heavy atom. The van der Waals surface area contributed by atoms with Gasteiger partial charge >= 0.3 is 0 Å². The Kier molecular flexibility index (Phi) is 4.82. The van der Waals surface area contributed by atoms with Crippen molar-refractivity contribution in [3.8, 4) is 0 Å². The van der Waals surface area contributed by atoms with Gasteiger partial charge in [-0.2, -0.15) is 11.3 Å². The summed E-state index contributed by atoms with van der Waals surface area (Å²) >= 11 is 7.39. The fourth-order valence-corrected chi connectivity index (χ4v) is 3.75. The van der Waals surface area contributed by atoms with Crippen molar-refractivity contribution in [2.24, 2.45) is 0 Å². The first-order valence-corrected chi connectivity index (χ1v) is 8.65. The Bertz CT molecular complexity index is 710. The smallest absolute Gasteiger partial charge is 0.240 e. The van der Waals surface area contributed by atoms with Crippen molar-refractivity contribution in [3.63, 3.8) is 0 Å². The normalized spacial score (nSPS) is 11.8. The van der Waals surface area contributed by atoms with Gasteiger partial charge in [0.1, 0.15) is 0 Å². The number of aliphatic hydroxyl groups is 1. The number of aryl methyl sites for hydroxylation is 1. The maximum atomic E-state index is 12.2. The fourth-order valence-electron chi connectivity index (χ4n) is 1.66. The maximum Gasteiger partial charge on any atom is 0.240 e. The molecule has 20 heavy (non-hydrogen) atoms. The number of thiophene rings is 1. The van der Waals surface area contributed by atoms with Gasteiger partial charge in [0.25, 0.3) is 0 Å². The van der Waals surface area contributed by atoms with Gasteiger partial charge in [-0.05, 0) is 52.6 Å². The molecule has 108 valence electrons. The lowest BCUT2D eigenvalue weighted by Crippen LogP contribution is -2.23. The van der Waals surface area contributed by atoms with Crippen molar-refractivity contribution in [1.29, 1.82) is 0 Å². The third-order valence-corrected chi connectivity index (χ3v) is 5.59. The van der Waals surface area contributed by atoms with E-state index in [9.17, 15) is 8.42 Å². The van der Waals surface area contributed by atoms with Gasteiger partial charge in [0.05, 0.1) is 11.5 Å². The predicted octanol–water partition coefficient (Wildman–Crippen LogP) is 2.68. The van der Waals surface area contributed by atoms with Crippen LogP contribution in [-0.4, -0.2) is 13.5 Å². The van der Waals surface area contributed by atoms with Gasteiger partial charge in [-0.15, -0.1) is 0 Å². The molecule has 0 radical (unpaired) electrons. The Balaban J connectivity index is 2.20. The number of aliphatic hydroxyl groups excluding tert-OH is 1. The highest BCUT2D eigenvalue weighted by Crippen LogP contribution is 2.21. The Labute approximate surface area is 127 Å². The van der Waals surface area contributed by atoms with E-state index in [-0.39, 0.29) is 18.0 Å². The second kappa shape index (κ2) is 6.24. The molecule has 4 nitrogen and oxygen atoms in total. The highest BCUT2D eigenvalue weighted by atomic mass is 35.5. The van der Waals surface area contributed by atoms with E-state index in [0.717, 1.165) is 11.1 Å². The zero-order valence-corrected chi connectivity index (χ0v) is 13.1. The summed E-state index contributed by atoms with van der Waals surface area (Å²) in [5, 5.41) is 13.4. The molecule has 0 bridgehead atoms. The largest absolute Gasteiger partial charge is 0.392 e. The molecule has 0 unspecified atom stereocenters. The molecule has 0 aliphatic heterocycles. The van der Waals surface area contributed by atoms with Crippen LogP contribution in [0.25, 0.3) is 0 Å². The quantitative estimate of drug-likeness (QED) is 0.885. The van der Waals surface area contributed by atoms with Crippen molar-refractivity contribution in [3.05, 3.63) is 50.7 Å². The Morgan fingerprint density at radius 1 is 1.30 bits per heavy atom. The standard InChI is InChI=1S/C13H14ClNO3S2/c1-9-7-19-8-11(9)5-15-20(17,18)12-2-3-13(14)10(4-12)6-16/h2-4,7-8,15-16H,5-6H2,1H3. The lowest BCUT2D eigenvalue weighted by molar-refractivity contribution is 0.281. The summed E-state index contributed by atoms with van der Waals surface area (Å²) in [6.45, 7) is 1.88. The molecule has 2 rings (SSSR count). The summed E-state index contributed by atoms with van der Waals surface area (Å²) in [5.74, 6) is 0. The van der Waals surface area contributed by atoms with Gasteiger partial charge in [-0.25, -0.2) is 13.1 Å². The van der Waals surface area contributed by atoms with Crippen molar-refractivity contribution in [1.82, 2.24) is 4.72 Å². The molecule has 0 fully saturated rings. The van der Waals surface area contributed by atoms with Crippen molar-refractivity contribution in [2.45, 2.75) is 25.0 Å². The average Bonchev–Trinajstić information content (AvgIpc) is 2.82. The van der Waals surface area contributed by atoms with Crippen molar-refractivity contribution < 1.29 is 13.5 Å². The molecule has 2 aromatic rings. The highest BCUT2D eigenvalue weighted by molar-refractivity contribution is 7.89. The summed E-state index contributed by atoms with van der Waals surface area (Å²) in [6, 6.07) is 4.27. The molecule has 1 heterocycles. The molecule has 0 amide bonds. The minimum Gasteiger partial charge on any atom is -0.392 e. The van der Waals surface area contributed by atoms with Gasteiger partial charge in [0.2, 0.25) is 10.0 Å². The van der Waals surface area contributed by atoms with E-state index in [2.05, 4.69) is 4.72 Å². The zero-order valence-electron chi connectivity index (χ0n) is 10.8. The molecule has 1 aromatic heterocycles. The summed E-state index contributed by atoms with van der Waals surface area (Å²) < 4.78 is 26.9. The van der Waals surface area contributed by atoms with Crippen LogP contribution < -0.4 is 4.72 Å². The maximum absolute atomic E-state index is 12.2. The number of benzene rings is 1. The van der Waals surface area contributed by atoms with Gasteiger partial charge in [-0.3, -0.25) is 0 Å². The van der Waals surface area contributed by atoms with Crippen molar-refractivity contribution in [2.75, 3.05) is 0 Å². The summed E-state index contributed by atoms with van der Waals surface area (Å²) in [4.78, 5) is 0.0961. The van der Waals surface area contributed by atoms with Crippen molar-refractivity contribution >= 4 is 33.0 Å². The molecule has 7 heteroatoms. The van der Waals surface area contributed by atoms with Crippen LogP contribution in [0.5, 0.6) is 0 Å². The van der Waals surface area contributed by atoms with Gasteiger partial charge in [0, 0.05) is 11.6 Å². The van der Waals surface area contributed by atoms with Crippen LogP contribution in [0.2, 0.25) is 5.02 Å². The number of halogens is 1. The second-order valence-electron chi connectivity index (χ2n) is 4.32. The predicted molar refractivity (Wildman–Crippen MR) is 80.5 cm³/mol. The number of rotatable bonds is 5. The van der Waals surface area contributed by atoms with E-state index in [4.69, 9.17) is 16.7 Å². The minimum atomic E-state index is -3.62. The molecule has 0 atom stereocenters. The first-order valence-electron chi connectivity index (χ1n) is 5.84. The molecule has 0 saturated heterocycles. The first-order chi connectivity index (χ1) is 9.44. The molecular weight excluding hydrogens is 318 g/mol. The second-order valence-corrected chi connectivity index (χ2v) is 7.23. The molecule has 2 N–H and O–H groups in total. The highest BCUT2D eigenvalue weighted by Gasteiger charge is 2.16. The van der Waals surface area contributed by atoms with E-state index in [0.29, 0.717) is 10.6 Å². The van der Waals surface area contributed by atoms with Crippen LogP contribution >= 0.6 is 22.9 Å².